The van der Waals surface area contributed by atoms with Gasteiger partial charge in [-0.05, 0) is 32.4 Å². The maximum Gasteiger partial charge on any atom is 0.0663 e. The third kappa shape index (κ3) is 2.07. The molecule has 0 bridgehead atoms. The van der Waals surface area contributed by atoms with Gasteiger partial charge in [0.05, 0.1) is 19.3 Å². The number of nitrogens with one attached hydrogen (secondary N) is 1. The summed E-state index contributed by atoms with van der Waals surface area (Å²) < 4.78 is 8.06. The number of aromatic nitrogens is 1. The molecule has 1 saturated heterocycles. The Labute approximate surface area is 114 Å². The molecule has 1 fully saturated rings. The van der Waals surface area contributed by atoms with Gasteiger partial charge in [-0.1, -0.05) is 18.2 Å². The fraction of sp³-hybridized carbons (Fsp3) is 0.500. The molecule has 1 aliphatic heterocycles. The summed E-state index contributed by atoms with van der Waals surface area (Å²) in [4.78, 5) is 0. The third-order valence-electron chi connectivity index (χ3n) is 4.11. The molecule has 0 aliphatic carbocycles. The highest BCUT2D eigenvalue weighted by molar-refractivity contribution is 5.86. The molecule has 19 heavy (non-hydrogen) atoms. The lowest BCUT2D eigenvalue weighted by Crippen LogP contribution is -2.51. The standard InChI is InChI=1S/C16H22N2O/c1-11-15(13-9-19-10-16(2,3)17-13)12-7-5-6-8-14(12)18(11)4/h5-8,13,17H,9-10H2,1-4H3. The van der Waals surface area contributed by atoms with Gasteiger partial charge in [-0.15, -0.1) is 0 Å². The number of nitrogens with zero attached hydrogens (tertiary/aromatic N) is 1. The Morgan fingerprint density at radius 2 is 2.05 bits per heavy atom. The molecule has 2 heterocycles. The minimum absolute atomic E-state index is 0.0340. The number of hydrogen-bond donors (Lipinski definition) is 1. The fourth-order valence-electron chi connectivity index (χ4n) is 3.13. The largest absolute Gasteiger partial charge is 0.378 e. The van der Waals surface area contributed by atoms with Gasteiger partial charge < -0.3 is 14.6 Å². The first-order valence-corrected chi connectivity index (χ1v) is 6.89. The Balaban J connectivity index is 2.12. The van der Waals surface area contributed by atoms with Crippen LogP contribution in [-0.4, -0.2) is 23.3 Å². The highest BCUT2D eigenvalue weighted by Crippen LogP contribution is 2.32. The molecule has 0 spiro atoms. The number of para-hydroxylation sites is 1. The summed E-state index contributed by atoms with van der Waals surface area (Å²) >= 11 is 0. The molecule has 3 heteroatoms. The third-order valence-corrected chi connectivity index (χ3v) is 4.11. The van der Waals surface area contributed by atoms with Crippen molar-refractivity contribution >= 4 is 10.9 Å². The molecule has 0 radical (unpaired) electrons. The maximum atomic E-state index is 5.79. The van der Waals surface area contributed by atoms with E-state index in [9.17, 15) is 0 Å². The van der Waals surface area contributed by atoms with Crippen molar-refractivity contribution in [1.29, 1.82) is 0 Å². The first kappa shape index (κ1) is 12.7. The van der Waals surface area contributed by atoms with Gasteiger partial charge in [0.25, 0.3) is 0 Å². The molecule has 3 nitrogen and oxygen atoms in total. The van der Waals surface area contributed by atoms with E-state index in [4.69, 9.17) is 4.74 Å². The highest BCUT2D eigenvalue weighted by atomic mass is 16.5. The van der Waals surface area contributed by atoms with Gasteiger partial charge in [-0.2, -0.15) is 0 Å². The molecule has 1 N–H and O–H groups in total. The topological polar surface area (TPSA) is 26.2 Å². The van der Waals surface area contributed by atoms with Gasteiger partial charge >= 0.3 is 0 Å². The zero-order valence-electron chi connectivity index (χ0n) is 12.2. The zero-order chi connectivity index (χ0) is 13.6. The molecule has 0 saturated carbocycles. The predicted octanol–water partition coefficient (Wildman–Crippen LogP) is 2.93. The second-order valence-electron chi connectivity index (χ2n) is 6.17. The number of rotatable bonds is 1. The SMILES string of the molecule is Cc1c(C2COCC(C)(C)N2)c2ccccc2n1C. The highest BCUT2D eigenvalue weighted by Gasteiger charge is 2.31. The van der Waals surface area contributed by atoms with Gasteiger partial charge in [0.15, 0.2) is 0 Å². The van der Waals surface area contributed by atoms with E-state index in [1.165, 1.54) is 22.2 Å². The zero-order valence-corrected chi connectivity index (χ0v) is 12.2. The lowest BCUT2D eigenvalue weighted by atomic mass is 9.97. The van der Waals surface area contributed by atoms with Crippen molar-refractivity contribution in [2.24, 2.45) is 7.05 Å². The van der Waals surface area contributed by atoms with Crippen LogP contribution in [0.1, 0.15) is 31.1 Å². The summed E-state index contributed by atoms with van der Waals surface area (Å²) in [6.07, 6.45) is 0. The van der Waals surface area contributed by atoms with Crippen molar-refractivity contribution in [3.63, 3.8) is 0 Å². The van der Waals surface area contributed by atoms with Crippen LogP contribution in [0.15, 0.2) is 24.3 Å². The molecular formula is C16H22N2O. The molecule has 102 valence electrons. The minimum atomic E-state index is 0.0340. The molecular weight excluding hydrogens is 236 g/mol. The Morgan fingerprint density at radius 3 is 2.79 bits per heavy atom. The van der Waals surface area contributed by atoms with E-state index in [1.54, 1.807) is 0 Å². The summed E-state index contributed by atoms with van der Waals surface area (Å²) in [5, 5.41) is 5.05. The monoisotopic (exact) mass is 258 g/mol. The van der Waals surface area contributed by atoms with Crippen LogP contribution in [0.2, 0.25) is 0 Å². The van der Waals surface area contributed by atoms with Crippen molar-refractivity contribution in [2.75, 3.05) is 13.2 Å². The average Bonchev–Trinajstić information content (AvgIpc) is 2.61. The van der Waals surface area contributed by atoms with E-state index in [1.807, 2.05) is 0 Å². The van der Waals surface area contributed by atoms with E-state index in [0.717, 1.165) is 13.2 Å². The maximum absolute atomic E-state index is 5.79. The number of fused-ring (bicyclic) bond motifs is 1. The Bertz CT molecular complexity index is 612. The van der Waals surface area contributed by atoms with Crippen LogP contribution in [0.25, 0.3) is 10.9 Å². The molecule has 1 unspecified atom stereocenters. The van der Waals surface area contributed by atoms with Crippen molar-refractivity contribution < 1.29 is 4.74 Å². The number of morpholine rings is 1. The van der Waals surface area contributed by atoms with Crippen LogP contribution >= 0.6 is 0 Å². The molecule has 1 atom stereocenters. The Morgan fingerprint density at radius 1 is 1.32 bits per heavy atom. The van der Waals surface area contributed by atoms with Gasteiger partial charge in [-0.25, -0.2) is 0 Å². The fourth-order valence-corrected chi connectivity index (χ4v) is 3.13. The number of aryl methyl sites for hydroxylation is 1. The second kappa shape index (κ2) is 4.36. The first-order chi connectivity index (χ1) is 8.99. The first-order valence-electron chi connectivity index (χ1n) is 6.89. The van der Waals surface area contributed by atoms with Crippen LogP contribution in [0.3, 0.4) is 0 Å². The smallest absolute Gasteiger partial charge is 0.0663 e. The Kier molecular flexibility index (Phi) is 2.91. The summed E-state index contributed by atoms with van der Waals surface area (Å²) in [6.45, 7) is 8.10. The normalized spacial score (nSPS) is 22.8. The molecule has 0 amide bonds. The number of hydrogen-bond acceptors (Lipinski definition) is 2. The molecule has 1 aliphatic rings. The predicted molar refractivity (Wildman–Crippen MR) is 78.4 cm³/mol. The molecule has 1 aromatic carbocycles. The van der Waals surface area contributed by atoms with E-state index in [0.29, 0.717) is 0 Å². The van der Waals surface area contributed by atoms with E-state index < -0.39 is 0 Å². The number of benzene rings is 1. The van der Waals surface area contributed by atoms with E-state index in [-0.39, 0.29) is 11.6 Å². The lowest BCUT2D eigenvalue weighted by Gasteiger charge is -2.37. The van der Waals surface area contributed by atoms with Crippen molar-refractivity contribution in [3.05, 3.63) is 35.5 Å². The van der Waals surface area contributed by atoms with Crippen molar-refractivity contribution in [3.8, 4) is 0 Å². The summed E-state index contributed by atoms with van der Waals surface area (Å²) in [6, 6.07) is 8.87. The van der Waals surface area contributed by atoms with Crippen LogP contribution in [0.4, 0.5) is 0 Å². The van der Waals surface area contributed by atoms with E-state index >= 15 is 0 Å². The van der Waals surface area contributed by atoms with Crippen LogP contribution in [0.5, 0.6) is 0 Å². The quantitative estimate of drug-likeness (QED) is 0.851. The van der Waals surface area contributed by atoms with Gasteiger partial charge in [0.1, 0.15) is 0 Å². The van der Waals surface area contributed by atoms with Crippen LogP contribution in [0, 0.1) is 6.92 Å². The van der Waals surface area contributed by atoms with E-state index in [2.05, 4.69) is 62.0 Å². The number of ether oxygens (including phenoxy) is 1. The van der Waals surface area contributed by atoms with Crippen LogP contribution < -0.4 is 5.32 Å². The average molecular weight is 258 g/mol. The van der Waals surface area contributed by atoms with Gasteiger partial charge in [0, 0.05) is 29.2 Å². The minimum Gasteiger partial charge on any atom is -0.378 e. The molecule has 2 aromatic rings. The Hall–Kier alpha value is -1.32. The lowest BCUT2D eigenvalue weighted by molar-refractivity contribution is 0.0129. The molecule has 3 rings (SSSR count). The van der Waals surface area contributed by atoms with Crippen molar-refractivity contribution in [2.45, 2.75) is 32.4 Å². The summed E-state index contributed by atoms with van der Waals surface area (Å²) in [5.41, 5.74) is 4.03. The van der Waals surface area contributed by atoms with Crippen molar-refractivity contribution in [1.82, 2.24) is 9.88 Å². The summed E-state index contributed by atoms with van der Waals surface area (Å²) in [7, 11) is 2.13. The van der Waals surface area contributed by atoms with Gasteiger partial charge in [-0.3, -0.25) is 0 Å². The second-order valence-corrected chi connectivity index (χ2v) is 6.17. The van der Waals surface area contributed by atoms with Crippen LogP contribution in [-0.2, 0) is 11.8 Å². The molecule has 1 aromatic heterocycles. The van der Waals surface area contributed by atoms with Gasteiger partial charge in [0.2, 0.25) is 0 Å². The summed E-state index contributed by atoms with van der Waals surface area (Å²) in [5.74, 6) is 0.